The van der Waals surface area contributed by atoms with Crippen molar-refractivity contribution in [3.8, 4) is 5.75 Å². The number of hydrogen-bond acceptors (Lipinski definition) is 2. The summed E-state index contributed by atoms with van der Waals surface area (Å²) in [7, 11) is 0. The molecule has 2 nitrogen and oxygen atoms in total. The van der Waals surface area contributed by atoms with Gasteiger partial charge in [0, 0.05) is 19.6 Å². The zero-order valence-electron chi connectivity index (χ0n) is 11.6. The Bertz CT molecular complexity index is 607. The van der Waals surface area contributed by atoms with Gasteiger partial charge >= 0.3 is 0 Å². The highest BCUT2D eigenvalue weighted by atomic mass is 19.1. The van der Waals surface area contributed by atoms with Crippen LogP contribution >= 0.6 is 0 Å². The summed E-state index contributed by atoms with van der Waals surface area (Å²) in [6, 6.07) is 10.8. The highest BCUT2D eigenvalue weighted by Crippen LogP contribution is 2.23. The van der Waals surface area contributed by atoms with Gasteiger partial charge in [-0.05, 0) is 41.7 Å². The van der Waals surface area contributed by atoms with Crippen LogP contribution in [-0.4, -0.2) is 23.1 Å². The van der Waals surface area contributed by atoms with Crippen LogP contribution in [0.4, 0.5) is 8.78 Å². The monoisotopic (exact) mass is 289 g/mol. The Kier molecular flexibility index (Phi) is 3.88. The highest BCUT2D eigenvalue weighted by Gasteiger charge is 2.16. The standard InChI is InChI=1S/C17H17F2NO/c18-15-9-12(10-16(19)17(15)21)11-20-7-5-13-3-1-2-4-14(13)6-8-20/h1-4,9-10,21H,5-8,11H2. The maximum absolute atomic E-state index is 13.4. The zero-order chi connectivity index (χ0) is 14.8. The van der Waals surface area contributed by atoms with E-state index in [4.69, 9.17) is 5.11 Å². The molecule has 1 aliphatic heterocycles. The predicted octanol–water partition coefficient (Wildman–Crippen LogP) is 3.27. The molecule has 0 aromatic heterocycles. The van der Waals surface area contributed by atoms with Crippen LogP contribution in [-0.2, 0) is 19.4 Å². The van der Waals surface area contributed by atoms with E-state index in [1.54, 1.807) is 0 Å². The molecule has 0 bridgehead atoms. The minimum absolute atomic E-state index is 0.488. The largest absolute Gasteiger partial charge is 0.503 e. The van der Waals surface area contributed by atoms with Gasteiger partial charge in [-0.2, -0.15) is 0 Å². The van der Waals surface area contributed by atoms with Crippen LogP contribution < -0.4 is 0 Å². The number of nitrogens with zero attached hydrogens (tertiary/aromatic N) is 1. The number of phenolic OH excluding ortho intramolecular Hbond substituents is 1. The molecule has 2 aromatic rings. The molecule has 0 saturated carbocycles. The van der Waals surface area contributed by atoms with Gasteiger partial charge in [-0.3, -0.25) is 4.90 Å². The number of rotatable bonds is 2. The van der Waals surface area contributed by atoms with Gasteiger partial charge in [0.25, 0.3) is 0 Å². The Hall–Kier alpha value is -1.94. The molecule has 0 radical (unpaired) electrons. The van der Waals surface area contributed by atoms with E-state index in [-0.39, 0.29) is 0 Å². The fourth-order valence-electron chi connectivity index (χ4n) is 2.84. The zero-order valence-corrected chi connectivity index (χ0v) is 11.6. The maximum atomic E-state index is 13.4. The van der Waals surface area contributed by atoms with Gasteiger partial charge in [0.2, 0.25) is 0 Å². The molecule has 21 heavy (non-hydrogen) atoms. The first-order chi connectivity index (χ1) is 10.1. The lowest BCUT2D eigenvalue weighted by Crippen LogP contribution is -2.26. The molecule has 110 valence electrons. The lowest BCUT2D eigenvalue weighted by Gasteiger charge is -2.20. The van der Waals surface area contributed by atoms with Crippen molar-refractivity contribution in [1.82, 2.24) is 4.90 Å². The Morgan fingerprint density at radius 3 is 2.00 bits per heavy atom. The van der Waals surface area contributed by atoms with Crippen LogP contribution in [0.3, 0.4) is 0 Å². The fraction of sp³-hybridized carbons (Fsp3) is 0.294. The SMILES string of the molecule is Oc1c(F)cc(CN2CCc3ccccc3CC2)cc1F. The summed E-state index contributed by atoms with van der Waals surface area (Å²) >= 11 is 0. The minimum Gasteiger partial charge on any atom is -0.503 e. The Labute approximate surface area is 122 Å². The second-order valence-corrected chi connectivity index (χ2v) is 5.45. The van der Waals surface area contributed by atoms with Crippen LogP contribution in [0.25, 0.3) is 0 Å². The molecular formula is C17H17F2NO. The third-order valence-electron chi connectivity index (χ3n) is 4.00. The van der Waals surface area contributed by atoms with E-state index < -0.39 is 17.4 Å². The van der Waals surface area contributed by atoms with Gasteiger partial charge in [-0.15, -0.1) is 0 Å². The second-order valence-electron chi connectivity index (χ2n) is 5.45. The number of halogens is 2. The molecule has 1 aliphatic rings. The van der Waals surface area contributed by atoms with Crippen molar-refractivity contribution in [2.75, 3.05) is 13.1 Å². The topological polar surface area (TPSA) is 23.5 Å². The number of benzene rings is 2. The van der Waals surface area contributed by atoms with E-state index in [2.05, 4.69) is 17.0 Å². The summed E-state index contributed by atoms with van der Waals surface area (Å²) in [6.45, 7) is 2.21. The van der Waals surface area contributed by atoms with Gasteiger partial charge in [-0.1, -0.05) is 24.3 Å². The van der Waals surface area contributed by atoms with Crippen molar-refractivity contribution in [2.45, 2.75) is 19.4 Å². The summed E-state index contributed by atoms with van der Waals surface area (Å²) in [5.74, 6) is -2.70. The second kappa shape index (κ2) is 5.82. The minimum atomic E-state index is -0.901. The van der Waals surface area contributed by atoms with E-state index in [9.17, 15) is 8.78 Å². The molecular weight excluding hydrogens is 272 g/mol. The fourth-order valence-corrected chi connectivity index (χ4v) is 2.84. The van der Waals surface area contributed by atoms with Crippen LogP contribution in [0.15, 0.2) is 36.4 Å². The van der Waals surface area contributed by atoms with Crippen LogP contribution in [0.2, 0.25) is 0 Å². The van der Waals surface area contributed by atoms with Crippen molar-refractivity contribution < 1.29 is 13.9 Å². The van der Waals surface area contributed by atoms with E-state index in [1.807, 2.05) is 12.1 Å². The lowest BCUT2D eigenvalue weighted by molar-refractivity contribution is 0.278. The molecule has 1 N–H and O–H groups in total. The van der Waals surface area contributed by atoms with Crippen LogP contribution in [0.1, 0.15) is 16.7 Å². The van der Waals surface area contributed by atoms with Gasteiger partial charge in [0.15, 0.2) is 17.4 Å². The van der Waals surface area contributed by atoms with E-state index >= 15 is 0 Å². The summed E-state index contributed by atoms with van der Waals surface area (Å²) < 4.78 is 26.8. The Morgan fingerprint density at radius 2 is 1.48 bits per heavy atom. The molecule has 0 fully saturated rings. The van der Waals surface area contributed by atoms with E-state index in [1.165, 1.54) is 23.3 Å². The smallest absolute Gasteiger partial charge is 0.187 e. The van der Waals surface area contributed by atoms with Crippen molar-refractivity contribution in [3.63, 3.8) is 0 Å². The third-order valence-corrected chi connectivity index (χ3v) is 4.00. The number of fused-ring (bicyclic) bond motifs is 1. The predicted molar refractivity (Wildman–Crippen MR) is 77.1 cm³/mol. The maximum Gasteiger partial charge on any atom is 0.187 e. The van der Waals surface area contributed by atoms with Gasteiger partial charge in [0.1, 0.15) is 0 Å². The summed E-state index contributed by atoms with van der Waals surface area (Å²) in [5, 5.41) is 9.14. The molecule has 4 heteroatoms. The average Bonchev–Trinajstić information content (AvgIpc) is 2.68. The Balaban J connectivity index is 1.73. The molecule has 0 spiro atoms. The summed E-state index contributed by atoms with van der Waals surface area (Å²) in [6.07, 6.45) is 1.89. The van der Waals surface area contributed by atoms with Crippen molar-refractivity contribution in [2.24, 2.45) is 0 Å². The molecule has 0 atom stereocenters. The first kappa shape index (κ1) is 14.0. The number of aromatic hydroxyl groups is 1. The molecule has 3 rings (SSSR count). The first-order valence-corrected chi connectivity index (χ1v) is 7.09. The van der Waals surface area contributed by atoms with Crippen LogP contribution in [0, 0.1) is 11.6 Å². The van der Waals surface area contributed by atoms with Crippen molar-refractivity contribution in [1.29, 1.82) is 0 Å². The summed E-state index contributed by atoms with van der Waals surface area (Å²) in [5.41, 5.74) is 3.25. The molecule has 0 saturated heterocycles. The summed E-state index contributed by atoms with van der Waals surface area (Å²) in [4.78, 5) is 2.19. The molecule has 1 heterocycles. The van der Waals surface area contributed by atoms with Crippen molar-refractivity contribution >= 4 is 0 Å². The van der Waals surface area contributed by atoms with Gasteiger partial charge in [-0.25, -0.2) is 8.78 Å². The lowest BCUT2D eigenvalue weighted by atomic mass is 10.0. The molecule has 2 aromatic carbocycles. The van der Waals surface area contributed by atoms with Crippen molar-refractivity contribution in [3.05, 3.63) is 64.7 Å². The van der Waals surface area contributed by atoms with Gasteiger partial charge < -0.3 is 5.11 Å². The molecule has 0 amide bonds. The highest BCUT2D eigenvalue weighted by molar-refractivity contribution is 5.31. The molecule has 0 unspecified atom stereocenters. The number of hydrogen-bond donors (Lipinski definition) is 1. The molecule has 0 aliphatic carbocycles. The Morgan fingerprint density at radius 1 is 0.952 bits per heavy atom. The van der Waals surface area contributed by atoms with Gasteiger partial charge in [0.05, 0.1) is 0 Å². The third kappa shape index (κ3) is 3.05. The number of phenols is 1. The van der Waals surface area contributed by atoms with E-state index in [0.717, 1.165) is 25.9 Å². The van der Waals surface area contributed by atoms with Crippen LogP contribution in [0.5, 0.6) is 5.75 Å². The first-order valence-electron chi connectivity index (χ1n) is 7.09. The normalized spacial score (nSPS) is 15.5. The quantitative estimate of drug-likeness (QED) is 0.917. The average molecular weight is 289 g/mol. The van der Waals surface area contributed by atoms with E-state index in [0.29, 0.717) is 12.1 Å².